The fraction of sp³-hybridized carbons (Fsp3) is 0.333. The van der Waals surface area contributed by atoms with Crippen LogP contribution in [-0.2, 0) is 0 Å². The number of benzene rings is 1. The van der Waals surface area contributed by atoms with Gasteiger partial charge in [-0.1, -0.05) is 22.9 Å². The van der Waals surface area contributed by atoms with Crippen LogP contribution in [0.3, 0.4) is 0 Å². The van der Waals surface area contributed by atoms with E-state index >= 15 is 0 Å². The predicted molar refractivity (Wildman–Crippen MR) is 103 cm³/mol. The highest BCUT2D eigenvalue weighted by atomic mass is 35.5. The average Bonchev–Trinajstić information content (AvgIpc) is 3.20. The topological polar surface area (TPSA) is 49.6 Å². The number of nitrogens with zero attached hydrogens (tertiary/aromatic N) is 3. The summed E-state index contributed by atoms with van der Waals surface area (Å²) in [5.74, 6) is 0.144. The van der Waals surface area contributed by atoms with Gasteiger partial charge in [-0.15, -0.1) is 0 Å². The smallest absolute Gasteiger partial charge is 0.295 e. The lowest BCUT2D eigenvalue weighted by Gasteiger charge is -2.19. The molecule has 0 fully saturated rings. The number of aromatic nitrogens is 1. The van der Waals surface area contributed by atoms with Crippen LogP contribution < -0.4 is 4.90 Å². The van der Waals surface area contributed by atoms with Gasteiger partial charge in [0.25, 0.3) is 5.91 Å². The van der Waals surface area contributed by atoms with Crippen LogP contribution >= 0.6 is 22.9 Å². The van der Waals surface area contributed by atoms with E-state index in [-0.39, 0.29) is 5.91 Å². The van der Waals surface area contributed by atoms with Crippen molar-refractivity contribution < 1.29 is 9.21 Å². The highest BCUT2D eigenvalue weighted by Crippen LogP contribution is 2.33. The third-order valence-corrected chi connectivity index (χ3v) is 5.08. The standard InChI is InChI=1S/C18H20ClN3O2S/c1-12-10-13(19)11-15-16(12)20-18(25-15)22(8-5-7-21(2)3)17(23)14-6-4-9-24-14/h4,6,9-11H,5,7-8H2,1-3H3. The number of halogens is 1. The van der Waals surface area contributed by atoms with Gasteiger partial charge in [0, 0.05) is 11.6 Å². The maximum atomic E-state index is 12.9. The largest absolute Gasteiger partial charge is 0.459 e. The lowest BCUT2D eigenvalue weighted by Crippen LogP contribution is -2.33. The van der Waals surface area contributed by atoms with Gasteiger partial charge in [-0.2, -0.15) is 0 Å². The molecule has 0 saturated heterocycles. The van der Waals surface area contributed by atoms with E-state index in [1.54, 1.807) is 17.0 Å². The van der Waals surface area contributed by atoms with Crippen LogP contribution in [-0.4, -0.2) is 43.0 Å². The molecule has 0 bridgehead atoms. The zero-order chi connectivity index (χ0) is 18.0. The molecule has 2 aromatic heterocycles. The zero-order valence-electron chi connectivity index (χ0n) is 14.5. The molecule has 5 nitrogen and oxygen atoms in total. The summed E-state index contributed by atoms with van der Waals surface area (Å²) in [5.41, 5.74) is 1.89. The Kier molecular flexibility index (Phi) is 5.42. The number of amides is 1. The van der Waals surface area contributed by atoms with Crippen LogP contribution in [0.1, 0.15) is 22.5 Å². The maximum absolute atomic E-state index is 12.9. The fourth-order valence-corrected chi connectivity index (χ4v) is 4.07. The molecular weight excluding hydrogens is 358 g/mol. The van der Waals surface area contributed by atoms with E-state index in [9.17, 15) is 4.79 Å². The normalized spacial score (nSPS) is 11.4. The number of carbonyl (C=O) groups excluding carboxylic acids is 1. The Hall–Kier alpha value is -1.89. The maximum Gasteiger partial charge on any atom is 0.295 e. The Bertz CT molecular complexity index is 874. The summed E-state index contributed by atoms with van der Waals surface area (Å²) in [6.45, 7) is 3.43. The highest BCUT2D eigenvalue weighted by Gasteiger charge is 2.23. The molecule has 0 aliphatic heterocycles. The molecule has 0 radical (unpaired) electrons. The van der Waals surface area contributed by atoms with Crippen molar-refractivity contribution >= 4 is 44.2 Å². The number of hydrogen-bond donors (Lipinski definition) is 0. The van der Waals surface area contributed by atoms with Crippen LogP contribution in [0.15, 0.2) is 34.9 Å². The molecule has 0 aliphatic rings. The second-order valence-corrected chi connectivity index (χ2v) is 7.60. The lowest BCUT2D eigenvalue weighted by molar-refractivity contribution is 0.0959. The van der Waals surface area contributed by atoms with Crippen LogP contribution in [0.4, 0.5) is 5.13 Å². The predicted octanol–water partition coefficient (Wildman–Crippen LogP) is 4.45. The van der Waals surface area contributed by atoms with E-state index in [2.05, 4.69) is 4.90 Å². The van der Waals surface area contributed by atoms with Gasteiger partial charge in [0.15, 0.2) is 10.9 Å². The molecule has 132 valence electrons. The van der Waals surface area contributed by atoms with Crippen LogP contribution in [0.5, 0.6) is 0 Å². The highest BCUT2D eigenvalue weighted by molar-refractivity contribution is 7.22. The van der Waals surface area contributed by atoms with E-state index in [1.807, 2.05) is 33.2 Å². The monoisotopic (exact) mass is 377 g/mol. The Balaban J connectivity index is 1.95. The molecule has 1 aromatic carbocycles. The number of aryl methyl sites for hydroxylation is 1. The van der Waals surface area contributed by atoms with Gasteiger partial charge in [0.1, 0.15) is 0 Å². The molecule has 1 amide bonds. The first-order chi connectivity index (χ1) is 12.0. The third-order valence-electron chi connectivity index (χ3n) is 3.83. The average molecular weight is 378 g/mol. The minimum atomic E-state index is -0.174. The van der Waals surface area contributed by atoms with Crippen molar-refractivity contribution in [2.75, 3.05) is 32.1 Å². The molecule has 0 N–H and O–H groups in total. The number of rotatable bonds is 6. The van der Waals surface area contributed by atoms with Crippen molar-refractivity contribution in [3.8, 4) is 0 Å². The summed E-state index contributed by atoms with van der Waals surface area (Å²) in [7, 11) is 4.03. The van der Waals surface area contributed by atoms with Crippen molar-refractivity contribution in [2.45, 2.75) is 13.3 Å². The molecule has 25 heavy (non-hydrogen) atoms. The van der Waals surface area contributed by atoms with Crippen LogP contribution in [0.25, 0.3) is 10.2 Å². The first-order valence-electron chi connectivity index (χ1n) is 8.02. The number of thiazole rings is 1. The molecule has 0 spiro atoms. The van der Waals surface area contributed by atoms with E-state index in [1.165, 1.54) is 17.6 Å². The molecule has 0 saturated carbocycles. The van der Waals surface area contributed by atoms with Crippen molar-refractivity contribution in [3.63, 3.8) is 0 Å². The molecule has 3 aromatic rings. The number of fused-ring (bicyclic) bond motifs is 1. The van der Waals surface area contributed by atoms with E-state index < -0.39 is 0 Å². The van der Waals surface area contributed by atoms with Crippen LogP contribution in [0.2, 0.25) is 5.02 Å². The second kappa shape index (κ2) is 7.56. The van der Waals surface area contributed by atoms with Crippen LogP contribution in [0, 0.1) is 6.92 Å². The molecule has 0 aliphatic carbocycles. The molecule has 7 heteroatoms. The number of anilines is 1. The first kappa shape index (κ1) is 17.9. The third kappa shape index (κ3) is 4.03. The first-order valence-corrected chi connectivity index (χ1v) is 9.22. The van der Waals surface area contributed by atoms with E-state index in [0.29, 0.717) is 22.5 Å². The lowest BCUT2D eigenvalue weighted by atomic mass is 10.2. The van der Waals surface area contributed by atoms with Crippen molar-refractivity contribution in [1.82, 2.24) is 9.88 Å². The van der Waals surface area contributed by atoms with Gasteiger partial charge in [-0.25, -0.2) is 4.98 Å². The van der Waals surface area contributed by atoms with Crippen molar-refractivity contribution in [2.24, 2.45) is 0 Å². The molecule has 0 atom stereocenters. The van der Waals surface area contributed by atoms with Gasteiger partial charge in [-0.3, -0.25) is 9.69 Å². The summed E-state index contributed by atoms with van der Waals surface area (Å²) < 4.78 is 6.27. The minimum Gasteiger partial charge on any atom is -0.459 e. The Morgan fingerprint density at radius 3 is 2.80 bits per heavy atom. The summed E-state index contributed by atoms with van der Waals surface area (Å²) in [5, 5.41) is 1.34. The second-order valence-electron chi connectivity index (χ2n) is 6.16. The van der Waals surface area contributed by atoms with Gasteiger partial charge in [-0.05, 0) is 63.8 Å². The van der Waals surface area contributed by atoms with E-state index in [4.69, 9.17) is 21.0 Å². The van der Waals surface area contributed by atoms with Gasteiger partial charge in [0.05, 0.1) is 16.5 Å². The van der Waals surface area contributed by atoms with Crippen molar-refractivity contribution in [1.29, 1.82) is 0 Å². The number of furan rings is 1. The number of carbonyl (C=O) groups is 1. The summed E-state index contributed by atoms with van der Waals surface area (Å²) >= 11 is 7.63. The molecule has 3 rings (SSSR count). The summed E-state index contributed by atoms with van der Waals surface area (Å²) in [4.78, 5) is 21.4. The Morgan fingerprint density at radius 2 is 2.12 bits per heavy atom. The molecule has 2 heterocycles. The van der Waals surface area contributed by atoms with E-state index in [0.717, 1.165) is 28.7 Å². The number of hydrogen-bond acceptors (Lipinski definition) is 5. The Labute approximate surface area is 155 Å². The quantitative estimate of drug-likeness (QED) is 0.636. The van der Waals surface area contributed by atoms with Gasteiger partial charge in [0.2, 0.25) is 0 Å². The summed E-state index contributed by atoms with van der Waals surface area (Å²) in [6, 6.07) is 7.17. The fourth-order valence-electron chi connectivity index (χ4n) is 2.62. The van der Waals surface area contributed by atoms with Gasteiger partial charge < -0.3 is 9.32 Å². The van der Waals surface area contributed by atoms with Crippen molar-refractivity contribution in [3.05, 3.63) is 46.9 Å². The molecule has 0 unspecified atom stereocenters. The Morgan fingerprint density at radius 1 is 1.32 bits per heavy atom. The molecular formula is C18H20ClN3O2S. The summed E-state index contributed by atoms with van der Waals surface area (Å²) in [6.07, 6.45) is 2.35. The zero-order valence-corrected chi connectivity index (χ0v) is 16.0. The van der Waals surface area contributed by atoms with Gasteiger partial charge >= 0.3 is 0 Å². The SMILES string of the molecule is Cc1cc(Cl)cc2sc(N(CCCN(C)C)C(=O)c3ccco3)nc12. The minimum absolute atomic E-state index is 0.174.